The van der Waals surface area contributed by atoms with Crippen molar-refractivity contribution in [3.05, 3.63) is 29.6 Å². The molecule has 0 unspecified atom stereocenters. The van der Waals surface area contributed by atoms with Crippen molar-refractivity contribution in [3.8, 4) is 5.75 Å². The fourth-order valence-electron chi connectivity index (χ4n) is 1.47. The summed E-state index contributed by atoms with van der Waals surface area (Å²) in [5.74, 6) is -1.04. The minimum Gasteiger partial charge on any atom is -0.497 e. The standard InChI is InChI=1S/C14H19FO5/c1-17-6-3-7-19-8-9-20-14(16)12-5-4-11(18-2)10-13(12)15/h4-5,10H,3,6-9H2,1-2H3. The summed E-state index contributed by atoms with van der Waals surface area (Å²) >= 11 is 0. The van der Waals surface area contributed by atoms with Gasteiger partial charge in [0.2, 0.25) is 0 Å². The highest BCUT2D eigenvalue weighted by molar-refractivity contribution is 5.89. The monoisotopic (exact) mass is 286 g/mol. The van der Waals surface area contributed by atoms with E-state index >= 15 is 0 Å². The van der Waals surface area contributed by atoms with Crippen molar-refractivity contribution in [2.24, 2.45) is 0 Å². The molecule has 0 radical (unpaired) electrons. The second kappa shape index (κ2) is 9.28. The quantitative estimate of drug-likeness (QED) is 0.513. The van der Waals surface area contributed by atoms with Crippen molar-refractivity contribution in [2.75, 3.05) is 40.6 Å². The third-order valence-electron chi connectivity index (χ3n) is 2.49. The molecule has 0 heterocycles. The van der Waals surface area contributed by atoms with Crippen LogP contribution in [0.25, 0.3) is 0 Å². The van der Waals surface area contributed by atoms with Crippen LogP contribution in [0.15, 0.2) is 18.2 Å². The molecule has 0 N–H and O–H groups in total. The first-order valence-corrected chi connectivity index (χ1v) is 6.26. The van der Waals surface area contributed by atoms with Gasteiger partial charge in [-0.25, -0.2) is 9.18 Å². The number of rotatable bonds is 9. The van der Waals surface area contributed by atoms with E-state index in [-0.39, 0.29) is 18.8 Å². The van der Waals surface area contributed by atoms with Gasteiger partial charge in [0.05, 0.1) is 19.3 Å². The Kier molecular flexibility index (Phi) is 7.60. The Morgan fingerprint density at radius 1 is 1.15 bits per heavy atom. The first-order valence-electron chi connectivity index (χ1n) is 6.26. The molecule has 0 spiro atoms. The molecule has 0 saturated carbocycles. The van der Waals surface area contributed by atoms with Gasteiger partial charge >= 0.3 is 5.97 Å². The second-order valence-electron chi connectivity index (χ2n) is 3.94. The van der Waals surface area contributed by atoms with Crippen LogP contribution < -0.4 is 4.74 Å². The van der Waals surface area contributed by atoms with Crippen LogP contribution in [0.1, 0.15) is 16.8 Å². The zero-order valence-corrected chi connectivity index (χ0v) is 11.7. The van der Waals surface area contributed by atoms with Crippen LogP contribution in [-0.4, -0.2) is 46.6 Å². The van der Waals surface area contributed by atoms with Crippen LogP contribution in [0.5, 0.6) is 5.75 Å². The van der Waals surface area contributed by atoms with Crippen LogP contribution in [0, 0.1) is 5.82 Å². The van der Waals surface area contributed by atoms with E-state index in [2.05, 4.69) is 0 Å². The number of hydrogen-bond acceptors (Lipinski definition) is 5. The van der Waals surface area contributed by atoms with E-state index in [1.54, 1.807) is 7.11 Å². The lowest BCUT2D eigenvalue weighted by atomic mass is 10.2. The average molecular weight is 286 g/mol. The third kappa shape index (κ3) is 5.54. The van der Waals surface area contributed by atoms with Crippen molar-refractivity contribution in [3.63, 3.8) is 0 Å². The summed E-state index contributed by atoms with van der Waals surface area (Å²) in [6, 6.07) is 3.97. The van der Waals surface area contributed by atoms with Crippen LogP contribution in [-0.2, 0) is 14.2 Å². The highest BCUT2D eigenvalue weighted by Crippen LogP contribution is 2.16. The first kappa shape index (κ1) is 16.4. The maximum atomic E-state index is 13.6. The van der Waals surface area contributed by atoms with E-state index < -0.39 is 11.8 Å². The van der Waals surface area contributed by atoms with Gasteiger partial charge in [0.15, 0.2) is 0 Å². The lowest BCUT2D eigenvalue weighted by Gasteiger charge is -2.07. The van der Waals surface area contributed by atoms with E-state index in [0.717, 1.165) is 12.5 Å². The molecule has 5 nitrogen and oxygen atoms in total. The molecule has 0 amide bonds. The number of ether oxygens (including phenoxy) is 4. The van der Waals surface area contributed by atoms with Gasteiger partial charge in [-0.15, -0.1) is 0 Å². The number of benzene rings is 1. The molecule has 1 rings (SSSR count). The summed E-state index contributed by atoms with van der Waals surface area (Å²) in [5.41, 5.74) is -0.120. The van der Waals surface area contributed by atoms with E-state index in [9.17, 15) is 9.18 Å². The third-order valence-corrected chi connectivity index (χ3v) is 2.49. The topological polar surface area (TPSA) is 54.0 Å². The Morgan fingerprint density at radius 3 is 2.60 bits per heavy atom. The normalized spacial score (nSPS) is 10.3. The summed E-state index contributed by atoms with van der Waals surface area (Å²) in [4.78, 5) is 11.6. The van der Waals surface area contributed by atoms with Crippen LogP contribution >= 0.6 is 0 Å². The van der Waals surface area contributed by atoms with Crippen molar-refractivity contribution < 1.29 is 28.1 Å². The molecule has 0 aliphatic heterocycles. The fourth-order valence-corrected chi connectivity index (χ4v) is 1.47. The number of hydrogen-bond donors (Lipinski definition) is 0. The molecular formula is C14H19FO5. The van der Waals surface area contributed by atoms with Crippen molar-refractivity contribution in [1.82, 2.24) is 0 Å². The van der Waals surface area contributed by atoms with E-state index in [0.29, 0.717) is 19.0 Å². The lowest BCUT2D eigenvalue weighted by Crippen LogP contribution is -2.13. The SMILES string of the molecule is COCCCOCCOC(=O)c1ccc(OC)cc1F. The van der Waals surface area contributed by atoms with Crippen LogP contribution in [0.2, 0.25) is 0 Å². The molecule has 0 bridgehead atoms. The number of carbonyl (C=O) groups excluding carboxylic acids is 1. The number of halogens is 1. The molecular weight excluding hydrogens is 267 g/mol. The van der Waals surface area contributed by atoms with Gasteiger partial charge in [-0.3, -0.25) is 0 Å². The molecule has 0 atom stereocenters. The largest absolute Gasteiger partial charge is 0.497 e. The lowest BCUT2D eigenvalue weighted by molar-refractivity contribution is 0.0284. The van der Waals surface area contributed by atoms with Gasteiger partial charge in [0, 0.05) is 26.4 Å². The molecule has 1 aromatic rings. The Balaban J connectivity index is 2.29. The zero-order chi connectivity index (χ0) is 14.8. The molecule has 0 aliphatic rings. The van der Waals surface area contributed by atoms with Gasteiger partial charge in [-0.05, 0) is 18.6 Å². The fraction of sp³-hybridized carbons (Fsp3) is 0.500. The number of carbonyl (C=O) groups is 1. The van der Waals surface area contributed by atoms with Gasteiger partial charge in [0.25, 0.3) is 0 Å². The summed E-state index contributed by atoms with van der Waals surface area (Å²) < 4.78 is 33.4. The van der Waals surface area contributed by atoms with Gasteiger partial charge in [-0.1, -0.05) is 0 Å². The zero-order valence-electron chi connectivity index (χ0n) is 11.7. The minimum absolute atomic E-state index is 0.0806. The van der Waals surface area contributed by atoms with Crippen molar-refractivity contribution in [1.29, 1.82) is 0 Å². The predicted octanol–water partition coefficient (Wildman–Crippen LogP) is 2.04. The smallest absolute Gasteiger partial charge is 0.341 e. The molecule has 6 heteroatoms. The maximum absolute atomic E-state index is 13.6. The van der Waals surface area contributed by atoms with E-state index in [1.165, 1.54) is 19.2 Å². The Morgan fingerprint density at radius 2 is 1.95 bits per heavy atom. The van der Waals surface area contributed by atoms with Gasteiger partial charge in [0.1, 0.15) is 18.2 Å². The Hall–Kier alpha value is -1.66. The second-order valence-corrected chi connectivity index (χ2v) is 3.94. The van der Waals surface area contributed by atoms with Gasteiger partial charge in [-0.2, -0.15) is 0 Å². The molecule has 0 saturated heterocycles. The minimum atomic E-state index is -0.717. The maximum Gasteiger partial charge on any atom is 0.341 e. The summed E-state index contributed by atoms with van der Waals surface area (Å²) in [6.45, 7) is 1.50. The summed E-state index contributed by atoms with van der Waals surface area (Å²) in [6.07, 6.45) is 0.775. The van der Waals surface area contributed by atoms with E-state index in [4.69, 9.17) is 18.9 Å². The molecule has 20 heavy (non-hydrogen) atoms. The molecule has 1 aromatic carbocycles. The van der Waals surface area contributed by atoms with Crippen LogP contribution in [0.3, 0.4) is 0 Å². The average Bonchev–Trinajstić information content (AvgIpc) is 2.45. The molecule has 0 aliphatic carbocycles. The number of esters is 1. The predicted molar refractivity (Wildman–Crippen MR) is 70.5 cm³/mol. The Bertz CT molecular complexity index is 422. The van der Waals surface area contributed by atoms with E-state index in [1.807, 2.05) is 0 Å². The molecule has 112 valence electrons. The molecule has 0 aromatic heterocycles. The first-order chi connectivity index (χ1) is 9.69. The highest BCUT2D eigenvalue weighted by atomic mass is 19.1. The highest BCUT2D eigenvalue weighted by Gasteiger charge is 2.13. The summed E-state index contributed by atoms with van der Waals surface area (Å²) in [7, 11) is 3.04. The van der Waals surface area contributed by atoms with Gasteiger partial charge < -0.3 is 18.9 Å². The van der Waals surface area contributed by atoms with Crippen molar-refractivity contribution in [2.45, 2.75) is 6.42 Å². The van der Waals surface area contributed by atoms with Crippen LogP contribution in [0.4, 0.5) is 4.39 Å². The number of methoxy groups -OCH3 is 2. The van der Waals surface area contributed by atoms with Crippen molar-refractivity contribution >= 4 is 5.97 Å². The summed E-state index contributed by atoms with van der Waals surface area (Å²) in [5, 5.41) is 0. The Labute approximate surface area is 117 Å². The molecule has 0 fully saturated rings.